The first-order chi connectivity index (χ1) is 11.3. The Labute approximate surface area is 143 Å². The molecule has 1 aliphatic rings. The van der Waals surface area contributed by atoms with Crippen LogP contribution in [0.2, 0.25) is 0 Å². The van der Waals surface area contributed by atoms with Gasteiger partial charge in [-0.1, -0.05) is 30.3 Å². The van der Waals surface area contributed by atoms with Crippen molar-refractivity contribution in [2.45, 2.75) is 13.1 Å². The summed E-state index contributed by atoms with van der Waals surface area (Å²) in [5, 5.41) is 6.59. The van der Waals surface area contributed by atoms with E-state index in [0.717, 1.165) is 34.0 Å². The van der Waals surface area contributed by atoms with Crippen molar-refractivity contribution in [1.29, 1.82) is 0 Å². The molecule has 0 radical (unpaired) electrons. The van der Waals surface area contributed by atoms with Gasteiger partial charge in [-0.3, -0.25) is 4.99 Å². The molecular formula is C17H18BrN3O2. The molecule has 1 heterocycles. The van der Waals surface area contributed by atoms with Crippen LogP contribution in [0.25, 0.3) is 0 Å². The second-order valence-corrected chi connectivity index (χ2v) is 5.93. The quantitative estimate of drug-likeness (QED) is 0.636. The van der Waals surface area contributed by atoms with E-state index in [9.17, 15) is 0 Å². The fraction of sp³-hybridized carbons (Fsp3) is 0.235. The van der Waals surface area contributed by atoms with E-state index in [2.05, 4.69) is 43.7 Å². The van der Waals surface area contributed by atoms with Gasteiger partial charge in [0.15, 0.2) is 17.5 Å². The highest BCUT2D eigenvalue weighted by atomic mass is 79.9. The molecule has 0 saturated carbocycles. The van der Waals surface area contributed by atoms with Crippen molar-refractivity contribution in [3.05, 3.63) is 58.1 Å². The largest absolute Gasteiger partial charge is 0.454 e. The van der Waals surface area contributed by atoms with Crippen LogP contribution in [0.15, 0.2) is 51.9 Å². The van der Waals surface area contributed by atoms with Crippen molar-refractivity contribution in [2.75, 3.05) is 13.8 Å². The van der Waals surface area contributed by atoms with E-state index >= 15 is 0 Å². The second kappa shape index (κ2) is 7.37. The Bertz CT molecular complexity index is 704. The third-order valence-electron chi connectivity index (χ3n) is 3.47. The van der Waals surface area contributed by atoms with Gasteiger partial charge in [0.1, 0.15) is 0 Å². The van der Waals surface area contributed by atoms with Crippen molar-refractivity contribution in [1.82, 2.24) is 10.6 Å². The Kier molecular flexibility index (Phi) is 5.02. The first kappa shape index (κ1) is 15.7. The predicted molar refractivity (Wildman–Crippen MR) is 93.7 cm³/mol. The highest BCUT2D eigenvalue weighted by Crippen LogP contribution is 2.39. The van der Waals surface area contributed by atoms with Gasteiger partial charge in [0.2, 0.25) is 6.79 Å². The zero-order valence-corrected chi connectivity index (χ0v) is 14.4. The summed E-state index contributed by atoms with van der Waals surface area (Å²) in [5.74, 6) is 2.28. The maximum Gasteiger partial charge on any atom is 0.231 e. The average molecular weight is 376 g/mol. The molecule has 1 aliphatic heterocycles. The summed E-state index contributed by atoms with van der Waals surface area (Å²) in [4.78, 5) is 4.24. The molecule has 0 fully saturated rings. The van der Waals surface area contributed by atoms with Gasteiger partial charge < -0.3 is 20.1 Å². The minimum atomic E-state index is 0.269. The number of nitrogens with zero attached hydrogens (tertiary/aromatic N) is 1. The summed E-state index contributed by atoms with van der Waals surface area (Å²) >= 11 is 3.50. The Morgan fingerprint density at radius 1 is 1.09 bits per heavy atom. The van der Waals surface area contributed by atoms with Crippen molar-refractivity contribution >= 4 is 21.9 Å². The summed E-state index contributed by atoms with van der Waals surface area (Å²) < 4.78 is 11.7. The van der Waals surface area contributed by atoms with Crippen LogP contribution >= 0.6 is 15.9 Å². The highest BCUT2D eigenvalue weighted by molar-refractivity contribution is 9.10. The van der Waals surface area contributed by atoms with E-state index < -0.39 is 0 Å². The van der Waals surface area contributed by atoms with E-state index in [1.807, 2.05) is 30.3 Å². The molecule has 0 unspecified atom stereocenters. The van der Waals surface area contributed by atoms with Gasteiger partial charge in [-0.2, -0.15) is 0 Å². The predicted octanol–water partition coefficient (Wildman–Crippen LogP) is 3.04. The molecule has 6 heteroatoms. The molecule has 0 spiro atoms. The van der Waals surface area contributed by atoms with Gasteiger partial charge >= 0.3 is 0 Å². The zero-order valence-electron chi connectivity index (χ0n) is 12.8. The molecule has 0 aliphatic carbocycles. The summed E-state index contributed by atoms with van der Waals surface area (Å²) in [6.45, 7) is 1.64. The summed E-state index contributed by atoms with van der Waals surface area (Å²) in [6.07, 6.45) is 0. The van der Waals surface area contributed by atoms with Gasteiger partial charge in [-0.05, 0) is 39.2 Å². The molecule has 3 rings (SSSR count). The molecule has 2 aromatic carbocycles. The minimum absolute atomic E-state index is 0.269. The topological polar surface area (TPSA) is 54.9 Å². The number of benzene rings is 2. The summed E-state index contributed by atoms with van der Waals surface area (Å²) in [6, 6.07) is 14.2. The molecule has 0 amide bonds. The second-order valence-electron chi connectivity index (χ2n) is 5.08. The van der Waals surface area contributed by atoms with E-state index in [1.165, 1.54) is 5.56 Å². The number of aliphatic imine (C=N–C) groups is 1. The number of rotatable bonds is 4. The molecule has 2 aromatic rings. The highest BCUT2D eigenvalue weighted by Gasteiger charge is 2.17. The van der Waals surface area contributed by atoms with Crippen LogP contribution in [0.1, 0.15) is 11.1 Å². The third-order valence-corrected chi connectivity index (χ3v) is 4.06. The molecular weight excluding hydrogens is 358 g/mol. The van der Waals surface area contributed by atoms with Crippen molar-refractivity contribution in [3.63, 3.8) is 0 Å². The lowest BCUT2D eigenvalue weighted by atomic mass is 10.2. The number of nitrogens with one attached hydrogen (secondary N) is 2. The number of hydrogen-bond donors (Lipinski definition) is 2. The Morgan fingerprint density at radius 2 is 1.83 bits per heavy atom. The van der Waals surface area contributed by atoms with Crippen LogP contribution < -0.4 is 20.1 Å². The van der Waals surface area contributed by atoms with Crippen LogP contribution in [0, 0.1) is 0 Å². The molecule has 0 bridgehead atoms. The summed E-state index contributed by atoms with van der Waals surface area (Å²) in [7, 11) is 1.76. The van der Waals surface area contributed by atoms with Crippen LogP contribution in [-0.4, -0.2) is 19.8 Å². The molecule has 5 nitrogen and oxygen atoms in total. The SMILES string of the molecule is CN=C(NCc1ccccc1)NCc1cc(Br)c2c(c1)OCO2. The normalized spacial score (nSPS) is 13.0. The monoisotopic (exact) mass is 375 g/mol. The average Bonchev–Trinajstić information content (AvgIpc) is 3.05. The fourth-order valence-corrected chi connectivity index (χ4v) is 2.91. The van der Waals surface area contributed by atoms with Gasteiger partial charge in [-0.15, -0.1) is 0 Å². The van der Waals surface area contributed by atoms with Crippen LogP contribution in [0.5, 0.6) is 11.5 Å². The smallest absolute Gasteiger partial charge is 0.231 e. The number of guanidine groups is 1. The number of halogens is 1. The number of fused-ring (bicyclic) bond motifs is 1. The van der Waals surface area contributed by atoms with Gasteiger partial charge in [0.25, 0.3) is 0 Å². The molecule has 120 valence electrons. The standard InChI is InChI=1S/C17H18BrN3O2/c1-19-17(20-9-12-5-3-2-4-6-12)21-10-13-7-14(18)16-15(8-13)22-11-23-16/h2-8H,9-11H2,1H3,(H2,19,20,21). The van der Waals surface area contributed by atoms with E-state index in [1.54, 1.807) is 7.05 Å². The number of hydrogen-bond acceptors (Lipinski definition) is 3. The Hall–Kier alpha value is -2.21. The lowest BCUT2D eigenvalue weighted by Gasteiger charge is -2.12. The lowest BCUT2D eigenvalue weighted by molar-refractivity contribution is 0.173. The van der Waals surface area contributed by atoms with Crippen molar-refractivity contribution < 1.29 is 9.47 Å². The minimum Gasteiger partial charge on any atom is -0.454 e. The fourth-order valence-electron chi connectivity index (χ4n) is 2.31. The lowest BCUT2D eigenvalue weighted by Crippen LogP contribution is -2.36. The van der Waals surface area contributed by atoms with Gasteiger partial charge in [-0.25, -0.2) is 0 Å². The van der Waals surface area contributed by atoms with Crippen molar-refractivity contribution in [2.24, 2.45) is 4.99 Å². The van der Waals surface area contributed by atoms with Gasteiger partial charge in [0.05, 0.1) is 4.47 Å². The molecule has 0 saturated heterocycles. The van der Waals surface area contributed by atoms with Crippen LogP contribution in [0.3, 0.4) is 0 Å². The maximum atomic E-state index is 5.43. The molecule has 2 N–H and O–H groups in total. The maximum absolute atomic E-state index is 5.43. The summed E-state index contributed by atoms with van der Waals surface area (Å²) in [5.41, 5.74) is 2.30. The molecule has 23 heavy (non-hydrogen) atoms. The van der Waals surface area contributed by atoms with E-state index in [-0.39, 0.29) is 6.79 Å². The Balaban J connectivity index is 1.57. The van der Waals surface area contributed by atoms with E-state index in [4.69, 9.17) is 9.47 Å². The Morgan fingerprint density at radius 3 is 2.57 bits per heavy atom. The molecule has 0 atom stereocenters. The van der Waals surface area contributed by atoms with Crippen LogP contribution in [0.4, 0.5) is 0 Å². The van der Waals surface area contributed by atoms with E-state index in [0.29, 0.717) is 6.54 Å². The van der Waals surface area contributed by atoms with Crippen LogP contribution in [-0.2, 0) is 13.1 Å². The number of ether oxygens (including phenoxy) is 2. The van der Waals surface area contributed by atoms with Gasteiger partial charge in [0, 0.05) is 20.1 Å². The van der Waals surface area contributed by atoms with Crippen molar-refractivity contribution in [3.8, 4) is 11.5 Å². The first-order valence-electron chi connectivity index (χ1n) is 7.32. The molecule has 0 aromatic heterocycles. The first-order valence-corrected chi connectivity index (χ1v) is 8.12. The zero-order chi connectivity index (χ0) is 16.1. The third kappa shape index (κ3) is 3.96.